The molecule has 1 aliphatic carbocycles. The van der Waals surface area contributed by atoms with Crippen LogP contribution in [0.25, 0.3) is 0 Å². The van der Waals surface area contributed by atoms with Gasteiger partial charge in [-0.1, -0.05) is 69.4 Å². The van der Waals surface area contributed by atoms with Crippen LogP contribution in [0.5, 0.6) is 0 Å². The molecule has 0 aromatic heterocycles. The van der Waals surface area contributed by atoms with Crippen LogP contribution < -0.4 is 5.19 Å². The maximum absolute atomic E-state index is 10.7. The van der Waals surface area contributed by atoms with Gasteiger partial charge in [-0.25, -0.2) is 4.79 Å². The van der Waals surface area contributed by atoms with Gasteiger partial charge in [0.1, 0.15) is 0 Å². The summed E-state index contributed by atoms with van der Waals surface area (Å²) in [4.78, 5) is 21.3. The first kappa shape index (κ1) is 22.6. The summed E-state index contributed by atoms with van der Waals surface area (Å²) in [6, 6.07) is 7.21. The summed E-state index contributed by atoms with van der Waals surface area (Å²) in [5.41, 5.74) is 1.21. The van der Waals surface area contributed by atoms with Crippen LogP contribution in [0, 0.1) is 5.92 Å². The molecule has 146 valence electrons. The fourth-order valence-electron chi connectivity index (χ4n) is 3.32. The van der Waals surface area contributed by atoms with Crippen LogP contribution in [0.1, 0.15) is 36.0 Å². The van der Waals surface area contributed by atoms with E-state index in [2.05, 4.69) is 39.3 Å². The Morgan fingerprint density at radius 2 is 1.31 bits per heavy atom. The van der Waals surface area contributed by atoms with E-state index < -0.39 is 28.1 Å². The summed E-state index contributed by atoms with van der Waals surface area (Å²) in [6.07, 6.45) is 4.11. The van der Waals surface area contributed by atoms with E-state index in [1.807, 2.05) is 12.1 Å². The minimum atomic E-state index is -1.28. The van der Waals surface area contributed by atoms with Crippen LogP contribution in [0.2, 0.25) is 44.8 Å². The minimum Gasteiger partial charge on any atom is -0.481 e. The fraction of sp³-hybridized carbons (Fsp3) is 0.600. The third-order valence-corrected chi connectivity index (χ3v) is 10.4. The average molecular weight is 395 g/mol. The van der Waals surface area contributed by atoms with Gasteiger partial charge in [0.25, 0.3) is 0 Å². The largest absolute Gasteiger partial charge is 0.481 e. The highest BCUT2D eigenvalue weighted by molar-refractivity contribution is 6.88. The van der Waals surface area contributed by atoms with Crippen LogP contribution in [0.4, 0.5) is 0 Å². The van der Waals surface area contributed by atoms with Crippen molar-refractivity contribution in [2.45, 2.75) is 70.5 Å². The number of carboxylic acid groups (broad SMARTS) is 2. The van der Waals surface area contributed by atoms with Gasteiger partial charge in [0.05, 0.1) is 19.6 Å². The topological polar surface area (TPSA) is 74.6 Å². The van der Waals surface area contributed by atoms with Crippen molar-refractivity contribution >= 4 is 33.3 Å². The third kappa shape index (κ3) is 7.07. The summed E-state index contributed by atoms with van der Waals surface area (Å²) in [7, 11) is -2.30. The third-order valence-electron chi connectivity index (χ3n) is 5.30. The Labute approximate surface area is 159 Å². The Bertz CT molecular complexity index is 604. The number of hydrogen-bond acceptors (Lipinski definition) is 2. The van der Waals surface area contributed by atoms with E-state index in [1.165, 1.54) is 5.19 Å². The molecule has 1 aromatic carbocycles. The molecule has 0 heterocycles. The quantitative estimate of drug-likeness (QED) is 0.712. The second kappa shape index (κ2) is 8.99. The van der Waals surface area contributed by atoms with Gasteiger partial charge in [0.15, 0.2) is 0 Å². The van der Waals surface area contributed by atoms with Gasteiger partial charge in [-0.2, -0.15) is 0 Å². The number of aromatic carboxylic acids is 1. The van der Waals surface area contributed by atoms with Crippen LogP contribution in [-0.2, 0) is 4.79 Å². The lowest BCUT2D eigenvalue weighted by atomic mass is 9.89. The summed E-state index contributed by atoms with van der Waals surface area (Å²) in [5, 5.41) is 18.8. The molecule has 0 atom stereocenters. The molecule has 1 saturated carbocycles. The highest BCUT2D eigenvalue weighted by Gasteiger charge is 2.33. The maximum atomic E-state index is 10.7. The number of carbonyl (C=O) groups is 2. The lowest BCUT2D eigenvalue weighted by molar-refractivity contribution is -0.142. The predicted molar refractivity (Wildman–Crippen MR) is 113 cm³/mol. The van der Waals surface area contributed by atoms with Crippen molar-refractivity contribution in [3.8, 4) is 0 Å². The first-order valence-corrected chi connectivity index (χ1v) is 16.5. The molecule has 0 radical (unpaired) electrons. The van der Waals surface area contributed by atoms with E-state index in [1.54, 1.807) is 12.1 Å². The van der Waals surface area contributed by atoms with Crippen LogP contribution in [0.15, 0.2) is 24.3 Å². The van der Waals surface area contributed by atoms with Crippen LogP contribution >= 0.6 is 0 Å². The smallest absolute Gasteiger partial charge is 0.335 e. The Morgan fingerprint density at radius 3 is 1.62 bits per heavy atom. The summed E-state index contributed by atoms with van der Waals surface area (Å²) < 4.78 is 0. The average Bonchev–Trinajstić information content (AvgIpc) is 2.54. The molecule has 2 rings (SSSR count). The summed E-state index contributed by atoms with van der Waals surface area (Å²) in [6.45, 7) is 13.9. The monoisotopic (exact) mass is 394 g/mol. The van der Waals surface area contributed by atoms with Crippen molar-refractivity contribution in [3.63, 3.8) is 0 Å². The number of aliphatic carboxylic acids is 1. The second-order valence-electron chi connectivity index (χ2n) is 9.39. The zero-order chi connectivity index (χ0) is 20.1. The molecule has 1 aromatic rings. The molecule has 0 unspecified atom stereocenters. The molecule has 4 nitrogen and oxygen atoms in total. The molecular weight excluding hydrogens is 360 g/mol. The van der Waals surface area contributed by atoms with Crippen molar-refractivity contribution in [2.75, 3.05) is 0 Å². The van der Waals surface area contributed by atoms with Crippen molar-refractivity contribution in [1.82, 2.24) is 0 Å². The molecular formula is C20H34O4Si2. The van der Waals surface area contributed by atoms with Crippen molar-refractivity contribution in [3.05, 3.63) is 29.8 Å². The van der Waals surface area contributed by atoms with Crippen LogP contribution in [-0.4, -0.2) is 38.3 Å². The van der Waals surface area contributed by atoms with E-state index in [-0.39, 0.29) is 5.92 Å². The van der Waals surface area contributed by atoms with Gasteiger partial charge < -0.3 is 10.2 Å². The molecule has 1 fully saturated rings. The highest BCUT2D eigenvalue weighted by atomic mass is 28.3. The molecule has 0 amide bonds. The van der Waals surface area contributed by atoms with E-state index in [0.717, 1.165) is 31.2 Å². The van der Waals surface area contributed by atoms with E-state index >= 15 is 0 Å². The Hall–Kier alpha value is -1.41. The minimum absolute atomic E-state index is 0.0485. The van der Waals surface area contributed by atoms with Crippen molar-refractivity contribution < 1.29 is 19.8 Å². The van der Waals surface area contributed by atoms with E-state index in [0.29, 0.717) is 5.56 Å². The molecule has 0 bridgehead atoms. The molecule has 6 heteroatoms. The Morgan fingerprint density at radius 1 is 0.846 bits per heavy atom. The SMILES string of the molecule is C[Si](C)(C)C1CCC(C(=O)O)CC1.C[Si](C)(C)c1ccc(C(=O)O)cc1. The summed E-state index contributed by atoms with van der Waals surface area (Å²) >= 11 is 0. The lowest BCUT2D eigenvalue weighted by Gasteiger charge is -2.34. The first-order chi connectivity index (χ1) is 11.8. The van der Waals surface area contributed by atoms with Gasteiger partial charge in [-0.05, 0) is 30.5 Å². The lowest BCUT2D eigenvalue weighted by Crippen LogP contribution is -2.37. The molecule has 2 N–H and O–H groups in total. The van der Waals surface area contributed by atoms with Gasteiger partial charge in [-0.3, -0.25) is 4.79 Å². The first-order valence-electron chi connectivity index (χ1n) is 9.39. The molecule has 26 heavy (non-hydrogen) atoms. The molecule has 0 spiro atoms. The molecule has 0 saturated heterocycles. The number of hydrogen-bond donors (Lipinski definition) is 2. The number of benzene rings is 1. The van der Waals surface area contributed by atoms with Crippen molar-refractivity contribution in [2.24, 2.45) is 5.92 Å². The van der Waals surface area contributed by atoms with E-state index in [4.69, 9.17) is 10.2 Å². The van der Waals surface area contributed by atoms with Gasteiger partial charge in [-0.15, -0.1) is 0 Å². The maximum Gasteiger partial charge on any atom is 0.335 e. The summed E-state index contributed by atoms with van der Waals surface area (Å²) in [5.74, 6) is -1.50. The Balaban J connectivity index is 0.000000260. The predicted octanol–water partition coefficient (Wildman–Crippen LogP) is 4.90. The van der Waals surface area contributed by atoms with Gasteiger partial charge in [0.2, 0.25) is 0 Å². The Kier molecular flexibility index (Phi) is 7.83. The standard InChI is InChI=1S/C10H20O2Si.C10H14O2Si/c2*1-13(2,3)9-6-4-8(5-7-9)10(11)12/h8-9H,4-7H2,1-3H3,(H,11,12);4-7H,1-3H3,(H,11,12). The normalized spacial score (nSPS) is 20.7. The van der Waals surface area contributed by atoms with Gasteiger partial charge >= 0.3 is 11.9 Å². The van der Waals surface area contributed by atoms with E-state index in [9.17, 15) is 9.59 Å². The van der Waals surface area contributed by atoms with Crippen LogP contribution in [0.3, 0.4) is 0 Å². The zero-order valence-corrected chi connectivity index (χ0v) is 19.0. The molecule has 0 aliphatic heterocycles. The fourth-order valence-corrected chi connectivity index (χ4v) is 6.55. The van der Waals surface area contributed by atoms with Crippen molar-refractivity contribution in [1.29, 1.82) is 0 Å². The number of carboxylic acids is 2. The van der Waals surface area contributed by atoms with Gasteiger partial charge in [0, 0.05) is 8.07 Å². The molecule has 1 aliphatic rings. The highest BCUT2D eigenvalue weighted by Crippen LogP contribution is 2.39. The number of rotatable bonds is 4. The second-order valence-corrected chi connectivity index (χ2v) is 20.0. The zero-order valence-electron chi connectivity index (χ0n) is 17.0.